The predicted octanol–water partition coefficient (Wildman–Crippen LogP) is 4.09. The number of allylic oxidation sites excluding steroid dienone is 4. The molecule has 3 heteroatoms. The minimum atomic E-state index is -2.23. The molecule has 0 heterocycles. The second-order valence-corrected chi connectivity index (χ2v) is 17.8. The second-order valence-electron chi connectivity index (χ2n) is 11.0. The first-order valence-electron chi connectivity index (χ1n) is 14.3. The molecule has 0 aliphatic heterocycles. The molecule has 0 bridgehead atoms. The number of hydrogen-bond acceptors (Lipinski definition) is 0. The number of hydrogen-bond donors (Lipinski definition) is 0. The van der Waals surface area contributed by atoms with Gasteiger partial charge in [-0.15, -0.1) is 0 Å². The fourth-order valence-corrected chi connectivity index (χ4v) is 16.3. The summed E-state index contributed by atoms with van der Waals surface area (Å²) in [5, 5.41) is 0. The molecule has 0 amide bonds. The van der Waals surface area contributed by atoms with Crippen LogP contribution >= 0.6 is 0 Å². The van der Waals surface area contributed by atoms with E-state index >= 15 is 0 Å². The Balaban J connectivity index is 0.00000161. The molecule has 1 fully saturated rings. The van der Waals surface area contributed by atoms with Crippen LogP contribution in [-0.4, -0.2) is 3.21 Å². The van der Waals surface area contributed by atoms with Crippen molar-refractivity contribution in [3.05, 3.63) is 130 Å². The van der Waals surface area contributed by atoms with E-state index in [1.807, 2.05) is 6.49 Å². The molecule has 0 nitrogen and oxygen atoms in total. The minimum Gasteiger partial charge on any atom is -1.00 e. The molecule has 4 aromatic rings. The fraction of sp³-hybridized carbons (Fsp3) is 0.216. The van der Waals surface area contributed by atoms with E-state index in [2.05, 4.69) is 115 Å². The van der Waals surface area contributed by atoms with Gasteiger partial charge in [0, 0.05) is 0 Å². The van der Waals surface area contributed by atoms with Crippen LogP contribution in [0.2, 0.25) is 0 Å². The number of rotatable bonds is 4. The van der Waals surface area contributed by atoms with Crippen LogP contribution in [0.5, 0.6) is 0 Å². The van der Waals surface area contributed by atoms with Gasteiger partial charge in [-0.25, -0.2) is 0 Å². The summed E-state index contributed by atoms with van der Waals surface area (Å²) in [5.74, 6) is 0. The van der Waals surface area contributed by atoms with Crippen molar-refractivity contribution in [2.75, 3.05) is 0 Å². The Morgan fingerprint density at radius 3 is 1.55 bits per heavy atom. The second kappa shape index (κ2) is 13.1. The van der Waals surface area contributed by atoms with Gasteiger partial charge in [0.15, 0.2) is 0 Å². The van der Waals surface area contributed by atoms with E-state index in [0.717, 1.165) is 0 Å². The summed E-state index contributed by atoms with van der Waals surface area (Å²) in [4.78, 5) is 0. The summed E-state index contributed by atoms with van der Waals surface area (Å²) >= 11 is -2.23. The zero-order chi connectivity index (χ0) is 25.3. The van der Waals surface area contributed by atoms with Gasteiger partial charge in [-0.2, -0.15) is 0 Å². The van der Waals surface area contributed by atoms with Crippen molar-refractivity contribution in [3.8, 4) is 33.4 Å². The van der Waals surface area contributed by atoms with Crippen molar-refractivity contribution < 1.29 is 46.1 Å². The van der Waals surface area contributed by atoms with Gasteiger partial charge in [-0.3, -0.25) is 0 Å². The Labute approximate surface area is 259 Å². The fourth-order valence-electron chi connectivity index (χ4n) is 6.88. The molecule has 0 atom stereocenters. The first-order chi connectivity index (χ1) is 18.9. The molecule has 200 valence electrons. The van der Waals surface area contributed by atoms with Crippen LogP contribution in [0, 0.1) is 0 Å². The van der Waals surface area contributed by atoms with Crippen LogP contribution in [0.3, 0.4) is 0 Å². The minimum absolute atomic E-state index is 0. The number of benzene rings is 4. The molecule has 0 unspecified atom stereocenters. The van der Waals surface area contributed by atoms with Gasteiger partial charge in [0.05, 0.1) is 0 Å². The maximum atomic E-state index is 2.57. The normalized spacial score (nSPS) is 15.6. The first kappa shape index (κ1) is 29.2. The van der Waals surface area contributed by atoms with Gasteiger partial charge in [-0.1, -0.05) is 0 Å². The van der Waals surface area contributed by atoms with Crippen LogP contribution in [0.1, 0.15) is 59.7 Å². The topological polar surface area (TPSA) is 0 Å². The van der Waals surface area contributed by atoms with Gasteiger partial charge in [0.25, 0.3) is 0 Å². The first-order valence-corrected chi connectivity index (χ1v) is 18.2. The average molecular weight is 641 g/mol. The van der Waals surface area contributed by atoms with Crippen LogP contribution in [0.15, 0.2) is 119 Å². The van der Waals surface area contributed by atoms with Crippen molar-refractivity contribution in [1.29, 1.82) is 0 Å². The van der Waals surface area contributed by atoms with Crippen LogP contribution in [0.4, 0.5) is 0 Å². The molecule has 0 aromatic heterocycles. The van der Waals surface area contributed by atoms with Crippen LogP contribution < -0.4 is 24.8 Å². The summed E-state index contributed by atoms with van der Waals surface area (Å²) < 4.78 is 4.36. The summed E-state index contributed by atoms with van der Waals surface area (Å²) in [5.41, 5.74) is 11.5. The Morgan fingerprint density at radius 2 is 1.07 bits per heavy atom. The van der Waals surface area contributed by atoms with Gasteiger partial charge in [-0.05, 0) is 0 Å². The smallest absolute Gasteiger partial charge is 1.00 e. The third-order valence-corrected chi connectivity index (χ3v) is 17.4. The van der Waals surface area contributed by atoms with Gasteiger partial charge in [0.1, 0.15) is 0 Å². The van der Waals surface area contributed by atoms with Crippen molar-refractivity contribution >= 4 is 3.21 Å². The van der Waals surface area contributed by atoms with E-state index in [0.29, 0.717) is 3.63 Å². The van der Waals surface area contributed by atoms with Crippen molar-refractivity contribution in [2.24, 2.45) is 0 Å². The van der Waals surface area contributed by atoms with Gasteiger partial charge >= 0.3 is 236 Å². The Morgan fingerprint density at radius 1 is 0.550 bits per heavy atom. The molecule has 0 spiro atoms. The number of halogens is 2. The molecule has 40 heavy (non-hydrogen) atoms. The summed E-state index contributed by atoms with van der Waals surface area (Å²) in [6, 6.07) is 36.6. The largest absolute Gasteiger partial charge is 1.00 e. The molecule has 7 rings (SSSR count). The Kier molecular flexibility index (Phi) is 9.58. The quantitative estimate of drug-likeness (QED) is 0.295. The van der Waals surface area contributed by atoms with E-state index in [1.165, 1.54) is 78.3 Å². The molecule has 0 radical (unpaired) electrons. The zero-order valence-corrected chi connectivity index (χ0v) is 26.7. The van der Waals surface area contributed by atoms with E-state index < -0.39 is 21.3 Å². The van der Waals surface area contributed by atoms with E-state index in [9.17, 15) is 0 Å². The molecule has 3 aliphatic carbocycles. The maximum Gasteiger partial charge on any atom is -1.00 e. The van der Waals surface area contributed by atoms with Crippen molar-refractivity contribution in [1.82, 2.24) is 0 Å². The molecule has 0 N–H and O–H groups in total. The number of fused-ring (bicyclic) bond motifs is 3. The molecular formula is C37H34Cl2Zr. The molecule has 0 saturated heterocycles. The Bertz CT molecular complexity index is 1480. The molecule has 3 aliphatic rings. The SMILES string of the molecule is C1=CC[C]([Zr+2](=[C]2CCCCCC2)[CH]2c3cc(-c4ccccc4)ccc3-c3ccc(-c4ccccc4)cc32)=C1.[Cl-].[Cl-]. The third-order valence-electron chi connectivity index (χ3n) is 8.72. The van der Waals surface area contributed by atoms with Crippen LogP contribution in [-0.2, 0) is 21.3 Å². The summed E-state index contributed by atoms with van der Waals surface area (Å²) in [6.07, 6.45) is 16.8. The zero-order valence-electron chi connectivity index (χ0n) is 22.8. The molecular weight excluding hydrogens is 607 g/mol. The third kappa shape index (κ3) is 5.59. The van der Waals surface area contributed by atoms with Crippen LogP contribution in [0.25, 0.3) is 33.4 Å². The monoisotopic (exact) mass is 638 g/mol. The standard InChI is InChI=1S/C25H17.C7H12.C5H5.2ClH.Zr/c1-3-7-18(8-4-1)20-11-13-24-22(15-20)17-23-16-21(12-14-25(23)24)19-9-5-2-6-10-19;1-2-4-6-7-5-3-1;1-2-4-5-3-1;;;/h1-17H;1-6H2;1-3H,4H2;2*1H;/q;;;;;+2/p-2. The predicted molar refractivity (Wildman–Crippen MR) is 159 cm³/mol. The Hall–Kier alpha value is -2.31. The van der Waals surface area contributed by atoms with Gasteiger partial charge in [0.2, 0.25) is 0 Å². The van der Waals surface area contributed by atoms with Gasteiger partial charge < -0.3 is 24.8 Å². The summed E-state index contributed by atoms with van der Waals surface area (Å²) in [7, 11) is 0. The summed E-state index contributed by atoms with van der Waals surface area (Å²) in [6.45, 7) is 0. The van der Waals surface area contributed by atoms with E-state index in [1.54, 1.807) is 11.1 Å². The molecule has 4 aromatic carbocycles. The average Bonchev–Trinajstić information content (AvgIpc) is 3.52. The van der Waals surface area contributed by atoms with E-state index in [4.69, 9.17) is 0 Å². The van der Waals surface area contributed by atoms with E-state index in [-0.39, 0.29) is 24.8 Å². The van der Waals surface area contributed by atoms with Crippen molar-refractivity contribution in [2.45, 2.75) is 48.6 Å². The van der Waals surface area contributed by atoms with Crippen molar-refractivity contribution in [3.63, 3.8) is 0 Å². The maximum absolute atomic E-state index is 2.57. The molecule has 1 saturated carbocycles.